The van der Waals surface area contributed by atoms with Crippen LogP contribution in [0.25, 0.3) is 0 Å². The molecule has 0 saturated heterocycles. The number of anilines is 1. The molecule has 0 fully saturated rings. The highest BCUT2D eigenvalue weighted by Crippen LogP contribution is 2.24. The largest absolute Gasteiger partial charge is 0.495 e. The molecule has 2 rings (SSSR count). The van der Waals surface area contributed by atoms with Gasteiger partial charge in [-0.15, -0.1) is 0 Å². The Bertz CT molecular complexity index is 900. The van der Waals surface area contributed by atoms with Crippen molar-refractivity contribution in [2.75, 3.05) is 19.0 Å². The Morgan fingerprint density at radius 1 is 1.19 bits per heavy atom. The van der Waals surface area contributed by atoms with Crippen LogP contribution in [0, 0.1) is 5.82 Å². The third kappa shape index (κ3) is 5.41. The summed E-state index contributed by atoms with van der Waals surface area (Å²) in [5.41, 5.74) is 0.484. The van der Waals surface area contributed by atoms with E-state index >= 15 is 0 Å². The van der Waals surface area contributed by atoms with Crippen LogP contribution in [0.15, 0.2) is 47.4 Å². The molecule has 2 aromatic rings. The quantitative estimate of drug-likeness (QED) is 0.715. The first-order chi connectivity index (χ1) is 12.8. The summed E-state index contributed by atoms with van der Waals surface area (Å²) in [6.45, 7) is 3.76. The van der Waals surface area contributed by atoms with Crippen LogP contribution >= 0.6 is 0 Å². The van der Waals surface area contributed by atoms with Crippen molar-refractivity contribution < 1.29 is 27.1 Å². The number of benzene rings is 2. The van der Waals surface area contributed by atoms with Crippen LogP contribution in [-0.4, -0.2) is 34.1 Å². The van der Waals surface area contributed by atoms with Gasteiger partial charge in [0.2, 0.25) is 15.9 Å². The number of ether oxygens (including phenoxy) is 2. The second kappa shape index (κ2) is 8.83. The number of carbonyl (C=O) groups is 1. The number of methoxy groups -OCH3 is 1. The summed E-state index contributed by atoms with van der Waals surface area (Å²) >= 11 is 0. The fourth-order valence-corrected chi connectivity index (χ4v) is 3.65. The molecule has 0 aliphatic rings. The molecular formula is C18H21FN2O5S. The van der Waals surface area contributed by atoms with E-state index in [0.717, 1.165) is 12.1 Å². The summed E-state index contributed by atoms with van der Waals surface area (Å²) in [5, 5.41) is 2.60. The van der Waals surface area contributed by atoms with Gasteiger partial charge in [-0.25, -0.2) is 12.8 Å². The monoisotopic (exact) mass is 396 g/mol. The minimum absolute atomic E-state index is 0.0250. The Morgan fingerprint density at radius 2 is 1.85 bits per heavy atom. The van der Waals surface area contributed by atoms with Crippen LogP contribution in [0.3, 0.4) is 0 Å². The molecule has 0 aliphatic heterocycles. The van der Waals surface area contributed by atoms with E-state index in [1.54, 1.807) is 24.3 Å². The van der Waals surface area contributed by atoms with E-state index < -0.39 is 27.8 Å². The third-order valence-electron chi connectivity index (χ3n) is 3.57. The number of carbonyl (C=O) groups excluding carboxylic acids is 1. The molecule has 0 heterocycles. The molecule has 1 atom stereocenters. The molecule has 0 radical (unpaired) electrons. The molecule has 7 nitrogen and oxygen atoms in total. The summed E-state index contributed by atoms with van der Waals surface area (Å²) in [6, 6.07) is 8.66. The summed E-state index contributed by atoms with van der Waals surface area (Å²) in [6.07, 6.45) is 0. The fourth-order valence-electron chi connectivity index (χ4n) is 2.26. The first-order valence-electron chi connectivity index (χ1n) is 8.16. The number of nitrogens with one attached hydrogen (secondary N) is 2. The van der Waals surface area contributed by atoms with E-state index in [9.17, 15) is 17.6 Å². The van der Waals surface area contributed by atoms with Crippen LogP contribution in [0.1, 0.15) is 13.8 Å². The van der Waals surface area contributed by atoms with Crippen molar-refractivity contribution in [3.05, 3.63) is 48.3 Å². The highest BCUT2D eigenvalue weighted by atomic mass is 32.2. The van der Waals surface area contributed by atoms with Crippen LogP contribution in [-0.2, 0) is 14.8 Å². The molecule has 0 bridgehead atoms. The Labute approximate surface area is 157 Å². The maximum absolute atomic E-state index is 13.4. The molecule has 0 saturated carbocycles. The number of rotatable bonds is 8. The minimum atomic E-state index is -4.17. The second-order valence-electron chi connectivity index (χ2n) is 5.58. The van der Waals surface area contributed by atoms with E-state index in [-0.39, 0.29) is 10.6 Å². The lowest BCUT2D eigenvalue weighted by atomic mass is 10.2. The standard InChI is InChI=1S/C18H21FN2O5S/c1-4-26-15-8-6-14(7-9-15)20-18(22)12(2)21-27(23,24)17-11-13(19)5-10-16(17)25-3/h5-12,21H,4H2,1-3H3,(H,20,22). The predicted molar refractivity (Wildman–Crippen MR) is 99.0 cm³/mol. The average Bonchev–Trinajstić information content (AvgIpc) is 2.63. The molecular weight excluding hydrogens is 375 g/mol. The van der Waals surface area contributed by atoms with Gasteiger partial charge in [0.25, 0.3) is 0 Å². The summed E-state index contributed by atoms with van der Waals surface area (Å²) < 4.78 is 50.9. The zero-order valence-corrected chi connectivity index (χ0v) is 16.0. The van der Waals surface area contributed by atoms with Gasteiger partial charge in [-0.1, -0.05) is 0 Å². The molecule has 0 aliphatic carbocycles. The third-order valence-corrected chi connectivity index (χ3v) is 5.14. The van der Waals surface area contributed by atoms with Gasteiger partial charge in [0.1, 0.15) is 22.2 Å². The maximum Gasteiger partial charge on any atom is 0.245 e. The Kier molecular flexibility index (Phi) is 6.75. The van der Waals surface area contributed by atoms with Crippen molar-refractivity contribution in [1.29, 1.82) is 0 Å². The predicted octanol–water partition coefficient (Wildman–Crippen LogP) is 2.54. The summed E-state index contributed by atoms with van der Waals surface area (Å²) in [5.74, 6) is -0.675. The topological polar surface area (TPSA) is 93.7 Å². The van der Waals surface area contributed by atoms with E-state index in [1.807, 2.05) is 6.92 Å². The first-order valence-corrected chi connectivity index (χ1v) is 9.64. The SMILES string of the molecule is CCOc1ccc(NC(=O)C(C)NS(=O)(=O)c2cc(F)ccc2OC)cc1. The molecule has 27 heavy (non-hydrogen) atoms. The molecule has 1 amide bonds. The van der Waals surface area contributed by atoms with Gasteiger partial charge in [0.05, 0.1) is 19.8 Å². The van der Waals surface area contributed by atoms with E-state index in [0.29, 0.717) is 18.0 Å². The summed E-state index contributed by atoms with van der Waals surface area (Å²) in [7, 11) is -2.90. The highest BCUT2D eigenvalue weighted by Gasteiger charge is 2.25. The smallest absolute Gasteiger partial charge is 0.245 e. The first kappa shape index (κ1) is 20.7. The van der Waals surface area contributed by atoms with Crippen molar-refractivity contribution in [2.45, 2.75) is 24.8 Å². The van der Waals surface area contributed by atoms with Crippen LogP contribution in [0.4, 0.5) is 10.1 Å². The second-order valence-corrected chi connectivity index (χ2v) is 7.27. The molecule has 1 unspecified atom stereocenters. The minimum Gasteiger partial charge on any atom is -0.495 e. The van der Waals surface area contributed by atoms with Gasteiger partial charge in [-0.2, -0.15) is 4.72 Å². The van der Waals surface area contributed by atoms with Crippen molar-refractivity contribution in [1.82, 2.24) is 4.72 Å². The molecule has 0 spiro atoms. The van der Waals surface area contributed by atoms with E-state index in [1.165, 1.54) is 20.1 Å². The number of sulfonamides is 1. The molecule has 146 valence electrons. The van der Waals surface area contributed by atoms with Crippen LogP contribution in [0.2, 0.25) is 0 Å². The average molecular weight is 396 g/mol. The number of halogens is 1. The van der Waals surface area contributed by atoms with Crippen molar-refractivity contribution >= 4 is 21.6 Å². The molecule has 2 N–H and O–H groups in total. The number of hydrogen-bond donors (Lipinski definition) is 2. The van der Waals surface area contributed by atoms with Crippen LogP contribution in [0.5, 0.6) is 11.5 Å². The van der Waals surface area contributed by atoms with Crippen molar-refractivity contribution in [3.63, 3.8) is 0 Å². The van der Waals surface area contributed by atoms with E-state index in [4.69, 9.17) is 9.47 Å². The molecule has 9 heteroatoms. The van der Waals surface area contributed by atoms with Gasteiger partial charge in [0, 0.05) is 5.69 Å². The Balaban J connectivity index is 2.10. The normalized spacial score (nSPS) is 12.3. The van der Waals surface area contributed by atoms with Crippen molar-refractivity contribution in [3.8, 4) is 11.5 Å². The zero-order chi connectivity index (χ0) is 20.0. The van der Waals surface area contributed by atoms with Gasteiger partial charge in [0.15, 0.2) is 0 Å². The Hall–Kier alpha value is -2.65. The molecule has 2 aromatic carbocycles. The Morgan fingerprint density at radius 3 is 2.44 bits per heavy atom. The van der Waals surface area contributed by atoms with Gasteiger partial charge in [-0.05, 0) is 56.3 Å². The van der Waals surface area contributed by atoms with Crippen LogP contribution < -0.4 is 19.5 Å². The highest BCUT2D eigenvalue weighted by molar-refractivity contribution is 7.89. The van der Waals surface area contributed by atoms with Gasteiger partial charge < -0.3 is 14.8 Å². The lowest BCUT2D eigenvalue weighted by Crippen LogP contribution is -2.41. The van der Waals surface area contributed by atoms with E-state index in [2.05, 4.69) is 10.0 Å². The lowest BCUT2D eigenvalue weighted by Gasteiger charge is -2.16. The van der Waals surface area contributed by atoms with Gasteiger partial charge >= 0.3 is 0 Å². The molecule has 0 aromatic heterocycles. The lowest BCUT2D eigenvalue weighted by molar-refractivity contribution is -0.117. The maximum atomic E-state index is 13.4. The fraction of sp³-hybridized carbons (Fsp3) is 0.278. The van der Waals surface area contributed by atoms with Gasteiger partial charge in [-0.3, -0.25) is 4.79 Å². The van der Waals surface area contributed by atoms with Crippen molar-refractivity contribution in [2.24, 2.45) is 0 Å². The zero-order valence-electron chi connectivity index (χ0n) is 15.2. The number of hydrogen-bond acceptors (Lipinski definition) is 5. The summed E-state index contributed by atoms with van der Waals surface area (Å²) in [4.78, 5) is 11.9. The number of amides is 1.